The number of nitrogens with zero attached hydrogens (tertiary/aromatic N) is 1. The van der Waals surface area contributed by atoms with Crippen LogP contribution in [0.2, 0.25) is 0 Å². The molecule has 7 heteroatoms. The minimum atomic E-state index is -2.36. The number of alkyl halides is 2. The highest BCUT2D eigenvalue weighted by molar-refractivity contribution is 7.98. The van der Waals surface area contributed by atoms with E-state index in [-0.39, 0.29) is 18.0 Å². The van der Waals surface area contributed by atoms with Gasteiger partial charge in [0.2, 0.25) is 0 Å². The molecule has 0 aromatic carbocycles. The van der Waals surface area contributed by atoms with Gasteiger partial charge in [0.25, 0.3) is 5.76 Å². The van der Waals surface area contributed by atoms with Gasteiger partial charge in [-0.15, -0.1) is 0 Å². The molecule has 22 heavy (non-hydrogen) atoms. The number of halogens is 2. The smallest absolute Gasteiger partial charge is 0.284 e. The van der Waals surface area contributed by atoms with E-state index < -0.39 is 5.76 Å². The lowest BCUT2D eigenvalue weighted by Gasteiger charge is -2.34. The standard InChI is InChI=1S/C15H21F2NO3S/c16-15(17)22-10-12-4-3-11(21-12)8-18-5-7-20-14(9-18)13-2-1-6-19-13/h3-4,13-15H,1-2,5-10H2/t13-,14+/m1/s1. The van der Waals surface area contributed by atoms with Crippen molar-refractivity contribution in [2.45, 2.75) is 43.1 Å². The molecule has 2 aliphatic heterocycles. The molecule has 0 saturated carbocycles. The molecule has 2 saturated heterocycles. The molecule has 0 bridgehead atoms. The van der Waals surface area contributed by atoms with Crippen molar-refractivity contribution >= 4 is 11.8 Å². The first-order chi connectivity index (χ1) is 10.7. The maximum atomic E-state index is 12.2. The fourth-order valence-corrected chi connectivity index (χ4v) is 3.39. The fraction of sp³-hybridized carbons (Fsp3) is 0.733. The predicted octanol–water partition coefficient (Wildman–Crippen LogP) is 3.12. The molecule has 2 atom stereocenters. The molecular formula is C15H21F2NO3S. The molecule has 0 amide bonds. The van der Waals surface area contributed by atoms with Gasteiger partial charge in [-0.3, -0.25) is 4.90 Å². The molecular weight excluding hydrogens is 312 g/mol. The zero-order chi connectivity index (χ0) is 15.4. The Hall–Kier alpha value is -0.630. The maximum absolute atomic E-state index is 12.2. The molecule has 2 aliphatic rings. The summed E-state index contributed by atoms with van der Waals surface area (Å²) in [5, 5.41) is 0. The van der Waals surface area contributed by atoms with Gasteiger partial charge in [0.15, 0.2) is 0 Å². The van der Waals surface area contributed by atoms with Gasteiger partial charge in [-0.05, 0) is 25.0 Å². The van der Waals surface area contributed by atoms with Crippen LogP contribution in [0.4, 0.5) is 8.78 Å². The number of hydrogen-bond acceptors (Lipinski definition) is 5. The molecule has 0 spiro atoms. The van der Waals surface area contributed by atoms with Gasteiger partial charge in [-0.2, -0.15) is 8.78 Å². The number of ether oxygens (including phenoxy) is 2. The Morgan fingerprint density at radius 3 is 2.77 bits per heavy atom. The average molecular weight is 333 g/mol. The van der Waals surface area contributed by atoms with Crippen LogP contribution in [0.3, 0.4) is 0 Å². The Kier molecular flexibility index (Phi) is 5.73. The summed E-state index contributed by atoms with van der Waals surface area (Å²) < 4.78 is 41.5. The topological polar surface area (TPSA) is 34.8 Å². The minimum absolute atomic E-state index is 0.125. The number of rotatable bonds is 6. The van der Waals surface area contributed by atoms with Gasteiger partial charge >= 0.3 is 0 Å². The summed E-state index contributed by atoms with van der Waals surface area (Å²) in [7, 11) is 0. The van der Waals surface area contributed by atoms with Crippen molar-refractivity contribution in [3.8, 4) is 0 Å². The Labute approximate surface area is 133 Å². The van der Waals surface area contributed by atoms with Gasteiger partial charge in [0.05, 0.1) is 31.1 Å². The van der Waals surface area contributed by atoms with Crippen molar-refractivity contribution in [3.05, 3.63) is 23.7 Å². The average Bonchev–Trinajstić information content (AvgIpc) is 3.17. The third-order valence-electron chi connectivity index (χ3n) is 4.01. The second kappa shape index (κ2) is 7.77. The molecule has 3 heterocycles. The molecule has 1 aromatic rings. The van der Waals surface area contributed by atoms with Crippen molar-refractivity contribution in [1.29, 1.82) is 0 Å². The van der Waals surface area contributed by atoms with Gasteiger partial charge in [-0.1, -0.05) is 11.8 Å². The largest absolute Gasteiger partial charge is 0.464 e. The summed E-state index contributed by atoms with van der Waals surface area (Å²) in [5.41, 5.74) is 0. The van der Waals surface area contributed by atoms with Crippen LogP contribution in [0.5, 0.6) is 0 Å². The van der Waals surface area contributed by atoms with Gasteiger partial charge < -0.3 is 13.9 Å². The molecule has 0 radical (unpaired) electrons. The lowest BCUT2D eigenvalue weighted by molar-refractivity contribution is -0.0968. The van der Waals surface area contributed by atoms with Crippen molar-refractivity contribution < 1.29 is 22.7 Å². The van der Waals surface area contributed by atoms with Crippen LogP contribution in [0.1, 0.15) is 24.4 Å². The summed E-state index contributed by atoms with van der Waals surface area (Å²) in [5.74, 6) is -0.735. The Balaban J connectivity index is 1.49. The molecule has 0 aliphatic carbocycles. The Morgan fingerprint density at radius 1 is 1.18 bits per heavy atom. The summed E-state index contributed by atoms with van der Waals surface area (Å²) in [6, 6.07) is 3.65. The molecule has 4 nitrogen and oxygen atoms in total. The molecule has 3 rings (SSSR count). The highest BCUT2D eigenvalue weighted by Gasteiger charge is 2.31. The SMILES string of the molecule is FC(F)SCc1ccc(CN2CCO[C@H]([C@H]3CCCO3)C2)o1. The van der Waals surface area contributed by atoms with E-state index >= 15 is 0 Å². The lowest BCUT2D eigenvalue weighted by Crippen LogP contribution is -2.47. The van der Waals surface area contributed by atoms with Crippen molar-refractivity contribution in [2.24, 2.45) is 0 Å². The normalized spacial score (nSPS) is 26.9. The quantitative estimate of drug-likeness (QED) is 0.799. The van der Waals surface area contributed by atoms with E-state index in [9.17, 15) is 8.78 Å². The second-order valence-electron chi connectivity index (χ2n) is 5.64. The fourth-order valence-electron chi connectivity index (χ4n) is 2.95. The van der Waals surface area contributed by atoms with E-state index in [1.165, 1.54) is 0 Å². The van der Waals surface area contributed by atoms with Crippen molar-refractivity contribution in [1.82, 2.24) is 4.90 Å². The summed E-state index contributed by atoms with van der Waals surface area (Å²) >= 11 is 0.584. The van der Waals surface area contributed by atoms with Gasteiger partial charge in [0, 0.05) is 19.7 Å². The van der Waals surface area contributed by atoms with Crippen molar-refractivity contribution in [3.63, 3.8) is 0 Å². The monoisotopic (exact) mass is 333 g/mol. The predicted molar refractivity (Wildman–Crippen MR) is 80.0 cm³/mol. The third-order valence-corrected chi connectivity index (χ3v) is 4.71. The van der Waals surface area contributed by atoms with E-state index in [1.807, 2.05) is 6.07 Å². The summed E-state index contributed by atoms with van der Waals surface area (Å²) in [6.45, 7) is 3.89. The summed E-state index contributed by atoms with van der Waals surface area (Å²) in [4.78, 5) is 2.28. The molecule has 0 unspecified atom stereocenters. The lowest BCUT2D eigenvalue weighted by atomic mass is 10.1. The molecule has 1 aromatic heterocycles. The van der Waals surface area contributed by atoms with Crippen LogP contribution >= 0.6 is 11.8 Å². The van der Waals surface area contributed by atoms with Crippen LogP contribution < -0.4 is 0 Å². The zero-order valence-electron chi connectivity index (χ0n) is 12.4. The highest BCUT2D eigenvalue weighted by atomic mass is 32.2. The maximum Gasteiger partial charge on any atom is 0.284 e. The number of morpholine rings is 1. The first-order valence-corrected chi connectivity index (χ1v) is 8.68. The van der Waals surface area contributed by atoms with Gasteiger partial charge in [0.1, 0.15) is 11.5 Å². The van der Waals surface area contributed by atoms with Crippen molar-refractivity contribution in [2.75, 3.05) is 26.3 Å². The number of hydrogen-bond donors (Lipinski definition) is 0. The zero-order valence-corrected chi connectivity index (χ0v) is 13.2. The number of furan rings is 1. The highest BCUT2D eigenvalue weighted by Crippen LogP contribution is 2.24. The van der Waals surface area contributed by atoms with E-state index in [2.05, 4.69) is 4.90 Å². The first-order valence-electron chi connectivity index (χ1n) is 7.63. The van der Waals surface area contributed by atoms with Crippen LogP contribution in [0, 0.1) is 0 Å². The molecule has 124 valence electrons. The second-order valence-corrected chi connectivity index (χ2v) is 6.61. The van der Waals surface area contributed by atoms with Crippen LogP contribution in [-0.4, -0.2) is 49.2 Å². The van der Waals surface area contributed by atoms with Crippen LogP contribution in [0.15, 0.2) is 16.5 Å². The third kappa shape index (κ3) is 4.44. The van der Waals surface area contributed by atoms with E-state index in [0.29, 0.717) is 30.7 Å². The minimum Gasteiger partial charge on any atom is -0.464 e. The molecule has 2 fully saturated rings. The van der Waals surface area contributed by atoms with E-state index in [0.717, 1.165) is 38.3 Å². The first kappa shape index (κ1) is 16.2. The Morgan fingerprint density at radius 2 is 2.00 bits per heavy atom. The van der Waals surface area contributed by atoms with E-state index in [1.54, 1.807) is 6.07 Å². The summed E-state index contributed by atoms with van der Waals surface area (Å²) in [6.07, 6.45) is 2.50. The van der Waals surface area contributed by atoms with Crippen LogP contribution in [-0.2, 0) is 21.8 Å². The molecule has 0 N–H and O–H groups in total. The van der Waals surface area contributed by atoms with E-state index in [4.69, 9.17) is 13.9 Å². The Bertz CT molecular complexity index is 465. The van der Waals surface area contributed by atoms with Crippen LogP contribution in [0.25, 0.3) is 0 Å². The number of thioether (sulfide) groups is 1. The van der Waals surface area contributed by atoms with Gasteiger partial charge in [-0.25, -0.2) is 0 Å².